The second-order valence-corrected chi connectivity index (χ2v) is 31.0. The summed E-state index contributed by atoms with van der Waals surface area (Å²) in [6.45, 7) is 22.9. The van der Waals surface area contributed by atoms with Crippen LogP contribution in [0.25, 0.3) is 10.9 Å². The molecule has 0 radical (unpaired) electrons. The van der Waals surface area contributed by atoms with Crippen LogP contribution in [0.5, 0.6) is 0 Å². The average Bonchev–Trinajstić information content (AvgIpc) is 3.92. The molecule has 4 nitrogen and oxygen atoms in total. The number of fused-ring (bicyclic) bond motifs is 7. The number of anilines is 1. The third kappa shape index (κ3) is 5.96. The number of nitrogens with zero attached hydrogens (tertiary/aromatic N) is 3. The van der Waals surface area contributed by atoms with Gasteiger partial charge in [-0.2, -0.15) is 0 Å². The van der Waals surface area contributed by atoms with E-state index in [1.165, 1.54) is 112 Å². The molecule has 7 heterocycles. The fourth-order valence-electron chi connectivity index (χ4n) is 15.3. The van der Waals surface area contributed by atoms with Crippen LogP contribution < -0.4 is 4.90 Å². The van der Waals surface area contributed by atoms with Gasteiger partial charge in [0.1, 0.15) is 11.5 Å². The Hall–Kier alpha value is -3.33. The van der Waals surface area contributed by atoms with Crippen LogP contribution in [0.2, 0.25) is 48.4 Å². The van der Waals surface area contributed by atoms with Gasteiger partial charge in [-0.15, -0.1) is 0 Å². The lowest BCUT2D eigenvalue weighted by atomic mass is 9.52. The molecule has 2 spiro atoms. The van der Waals surface area contributed by atoms with Gasteiger partial charge in [0, 0.05) is 24.2 Å². The van der Waals surface area contributed by atoms with Crippen LogP contribution in [-0.2, 0) is 15.6 Å². The molecule has 2 bridgehead atoms. The van der Waals surface area contributed by atoms with Gasteiger partial charge in [-0.1, -0.05) is 81.5 Å². The molecule has 1 aromatic carbocycles. The Bertz CT molecular complexity index is 2070. The largest absolute Gasteiger partial charge is 0.461 e. The minimum absolute atomic E-state index is 0.00585. The van der Waals surface area contributed by atoms with E-state index in [-0.39, 0.29) is 21.9 Å². The topological polar surface area (TPSA) is 40.6 Å². The van der Waals surface area contributed by atoms with Crippen LogP contribution >= 0.6 is 0 Å². The van der Waals surface area contributed by atoms with E-state index in [1.54, 1.807) is 28.0 Å². The second kappa shape index (κ2) is 13.3. The van der Waals surface area contributed by atoms with Gasteiger partial charge in [-0.3, -0.25) is 0 Å². The van der Waals surface area contributed by atoms with Crippen molar-refractivity contribution in [2.75, 3.05) is 18.0 Å². The Kier molecular flexibility index (Phi) is 8.87. The van der Waals surface area contributed by atoms with Gasteiger partial charge in [0.15, 0.2) is 0 Å². The monoisotopic (exact) mass is 791 g/mol. The Labute approximate surface area is 345 Å². The van der Waals surface area contributed by atoms with E-state index in [2.05, 4.69) is 92.9 Å². The summed E-state index contributed by atoms with van der Waals surface area (Å²) in [5.74, 6) is 3.27. The van der Waals surface area contributed by atoms with Crippen LogP contribution in [0.1, 0.15) is 116 Å². The molecule has 2 saturated heterocycles. The molecular formula is C51H65N3OSi2. The summed E-state index contributed by atoms with van der Waals surface area (Å²) in [6.07, 6.45) is 26.4. The molecular weight excluding hydrogens is 727 g/mol. The first-order chi connectivity index (χ1) is 27.4. The molecule has 1 aromatic rings. The van der Waals surface area contributed by atoms with Crippen molar-refractivity contribution in [3.05, 3.63) is 105 Å². The molecule has 0 N–H and O–H groups in total. The van der Waals surface area contributed by atoms with Gasteiger partial charge in [-0.05, 0) is 176 Å². The van der Waals surface area contributed by atoms with Gasteiger partial charge in [0.25, 0.3) is 5.70 Å². The maximum Gasteiger partial charge on any atom is 0.269 e. The molecule has 0 amide bonds. The zero-order valence-corrected chi connectivity index (χ0v) is 37.7. The van der Waals surface area contributed by atoms with Gasteiger partial charge in [-0.25, -0.2) is 10.1 Å². The van der Waals surface area contributed by atoms with Crippen molar-refractivity contribution in [3.8, 4) is 6.07 Å². The van der Waals surface area contributed by atoms with E-state index in [9.17, 15) is 5.26 Å². The predicted octanol–water partition coefficient (Wildman–Crippen LogP) is 13.5. The Balaban J connectivity index is 1.02. The van der Waals surface area contributed by atoms with Crippen LogP contribution in [0.3, 0.4) is 0 Å². The van der Waals surface area contributed by atoms with Crippen molar-refractivity contribution in [1.29, 1.82) is 5.26 Å². The first-order valence-corrected chi connectivity index (χ1v) is 28.6. The summed E-state index contributed by atoms with van der Waals surface area (Å²) in [4.78, 5) is 6.62. The Morgan fingerprint density at radius 1 is 0.895 bits per heavy atom. The van der Waals surface area contributed by atoms with Gasteiger partial charge in [0.05, 0.1) is 28.8 Å². The highest BCUT2D eigenvalue weighted by atomic mass is 28.3. The molecule has 298 valence electrons. The van der Waals surface area contributed by atoms with Crippen molar-refractivity contribution in [3.63, 3.8) is 0 Å². The molecule has 7 aliphatic heterocycles. The zero-order chi connectivity index (χ0) is 39.4. The lowest BCUT2D eigenvalue weighted by Crippen LogP contribution is -2.51. The second-order valence-electron chi connectivity index (χ2n) is 22.0. The van der Waals surface area contributed by atoms with E-state index in [4.69, 9.17) is 11.3 Å². The lowest BCUT2D eigenvalue weighted by molar-refractivity contribution is -0.0195. The molecule has 57 heavy (non-hydrogen) atoms. The first-order valence-electron chi connectivity index (χ1n) is 22.9. The summed E-state index contributed by atoms with van der Waals surface area (Å²) in [6, 6.07) is 18.9. The summed E-state index contributed by atoms with van der Waals surface area (Å²) in [5.41, 5.74) is 11.4. The summed E-state index contributed by atoms with van der Waals surface area (Å²) in [5, 5.41) is 10.1. The van der Waals surface area contributed by atoms with Gasteiger partial charge >= 0.3 is 0 Å². The van der Waals surface area contributed by atoms with Crippen molar-refractivity contribution in [1.82, 2.24) is 0 Å². The number of rotatable bonds is 7. The molecule has 6 heteroatoms. The highest BCUT2D eigenvalue weighted by molar-refractivity contribution is 6.83. The number of ether oxygens (including phenoxy) is 1. The van der Waals surface area contributed by atoms with Crippen LogP contribution in [0.4, 0.5) is 5.69 Å². The number of nitriles is 1. The molecule has 3 saturated carbocycles. The first kappa shape index (κ1) is 37.9. The van der Waals surface area contributed by atoms with E-state index in [1.807, 2.05) is 6.08 Å². The summed E-state index contributed by atoms with van der Waals surface area (Å²) >= 11 is 0. The zero-order valence-electron chi connectivity index (χ0n) is 35.7. The number of hydrogen-bond acceptors (Lipinski definition) is 3. The van der Waals surface area contributed by atoms with E-state index < -0.39 is 16.1 Å². The number of benzene rings is 1. The average molecular weight is 792 g/mol. The van der Waals surface area contributed by atoms with Crippen molar-refractivity contribution in [2.45, 2.75) is 158 Å². The maximum absolute atomic E-state index is 10.1. The minimum atomic E-state index is -1.38. The number of hydrogen-bond donors (Lipinski definition) is 0. The van der Waals surface area contributed by atoms with E-state index in [0.717, 1.165) is 48.2 Å². The molecule has 6 atom stereocenters. The van der Waals surface area contributed by atoms with Crippen LogP contribution in [0.15, 0.2) is 76.4 Å². The number of unbranched alkanes of at least 4 members (excludes halogenated alkanes) is 2. The Morgan fingerprint density at radius 3 is 2.00 bits per heavy atom. The molecule has 10 aliphatic rings. The van der Waals surface area contributed by atoms with Crippen LogP contribution in [-0.4, -0.2) is 29.2 Å². The fraction of sp³-hybridized carbons (Fsp3) is 0.608. The van der Waals surface area contributed by atoms with E-state index >= 15 is 0 Å². The Morgan fingerprint density at radius 2 is 1.49 bits per heavy atom. The SMILES string of the molecule is [C-]#[N+]/C(C#N)=C1C=C(/C=C/c2cc3c4c(c2)C2(C)C[Si]5(CC=C(C)C5)CC2CN4CC2C[Si]4(CC=C(C)C4)CC32C)OC(C23CCC(CCCCC)(CC2)CC3)=C\1. The molecule has 6 unspecified atom stereocenters. The molecule has 0 aromatic heterocycles. The molecule has 3 aliphatic carbocycles. The van der Waals surface area contributed by atoms with Gasteiger partial charge < -0.3 is 9.64 Å². The third-order valence-corrected chi connectivity index (χ3v) is 28.7. The highest BCUT2D eigenvalue weighted by Gasteiger charge is 2.62. The third-order valence-electron chi connectivity index (χ3n) is 18.3. The van der Waals surface area contributed by atoms with E-state index in [0.29, 0.717) is 5.41 Å². The van der Waals surface area contributed by atoms with Crippen molar-refractivity contribution >= 4 is 27.9 Å². The summed E-state index contributed by atoms with van der Waals surface area (Å²) in [7, 11) is -2.77. The van der Waals surface area contributed by atoms with Crippen molar-refractivity contribution in [2.24, 2.45) is 22.7 Å². The van der Waals surface area contributed by atoms with Gasteiger partial charge in [0.2, 0.25) is 0 Å². The summed E-state index contributed by atoms with van der Waals surface area (Å²) < 4.78 is 6.97. The standard InChI is InChI=1S/C51H65N3OSi2/c1-7-8-9-14-50-15-18-51(19-16-50,20-17-50)46-26-39(45(27-52)53-6)25-42(55-46)11-10-38-23-43-47-44(24-38)49(5)35-57(22-13-37(3)31-57)33-41(49)29-54(47)28-40-32-56(34-48(40,43)4)21-12-36(2)30-56/h10-13,23-26,40-41H,7-9,14-22,28-35H2,1-5H3/b11-10+,45-39+. The van der Waals surface area contributed by atoms with Crippen LogP contribution in [0, 0.1) is 40.6 Å². The van der Waals surface area contributed by atoms with Crippen molar-refractivity contribution < 1.29 is 4.74 Å². The lowest BCUT2D eigenvalue weighted by Gasteiger charge is -2.54. The molecule has 11 rings (SSSR count). The minimum Gasteiger partial charge on any atom is -0.461 e. The predicted molar refractivity (Wildman–Crippen MR) is 240 cm³/mol. The fourth-order valence-corrected chi connectivity index (χ4v) is 28.6. The normalized spacial score (nSPS) is 40.6. The number of allylic oxidation sites excluding steroid dienone is 10. The quantitative estimate of drug-likeness (QED) is 0.0908. The highest BCUT2D eigenvalue weighted by Crippen LogP contribution is 2.66. The smallest absolute Gasteiger partial charge is 0.269 e. The molecule has 5 fully saturated rings. The maximum atomic E-state index is 10.1.